The van der Waals surface area contributed by atoms with Crippen molar-refractivity contribution in [3.8, 4) is 0 Å². The van der Waals surface area contributed by atoms with Crippen LogP contribution >= 0.6 is 11.6 Å². The third kappa shape index (κ3) is 7.14. The summed E-state index contributed by atoms with van der Waals surface area (Å²) in [6.45, 7) is 16.2. The second-order valence-corrected chi connectivity index (χ2v) is 15.9. The van der Waals surface area contributed by atoms with E-state index in [2.05, 4.69) is 49.6 Å². The van der Waals surface area contributed by atoms with E-state index in [9.17, 15) is 14.4 Å². The Morgan fingerprint density at radius 1 is 0.864 bits per heavy atom. The van der Waals surface area contributed by atoms with Crippen LogP contribution in [0.5, 0.6) is 0 Å². The molecule has 3 amide bonds. The molecule has 7 nitrogen and oxygen atoms in total. The molecule has 244 valence electrons. The number of rotatable bonds is 6. The van der Waals surface area contributed by atoms with Crippen molar-refractivity contribution in [2.75, 3.05) is 32.7 Å². The number of piperidine rings is 1. The smallest absolute Gasteiger partial charge is 0.245 e. The van der Waals surface area contributed by atoms with Crippen LogP contribution in [-0.2, 0) is 14.4 Å². The molecule has 0 radical (unpaired) electrons. The van der Waals surface area contributed by atoms with Gasteiger partial charge < -0.3 is 14.7 Å². The maximum atomic E-state index is 14.9. The molecule has 1 aliphatic carbocycles. The third-order valence-electron chi connectivity index (χ3n) is 10.9. The second-order valence-electron chi connectivity index (χ2n) is 15.4. The van der Waals surface area contributed by atoms with Crippen molar-refractivity contribution in [3.63, 3.8) is 0 Å². The van der Waals surface area contributed by atoms with Gasteiger partial charge in [-0.3, -0.25) is 19.3 Å². The van der Waals surface area contributed by atoms with Crippen LogP contribution in [0.4, 0.5) is 0 Å². The lowest BCUT2D eigenvalue weighted by atomic mass is 9.85. The summed E-state index contributed by atoms with van der Waals surface area (Å²) in [7, 11) is 0. The zero-order valence-electron chi connectivity index (χ0n) is 27.9. The maximum absolute atomic E-state index is 14.9. The number of amides is 3. The van der Waals surface area contributed by atoms with E-state index in [-0.39, 0.29) is 53.1 Å². The van der Waals surface area contributed by atoms with Gasteiger partial charge in [0, 0.05) is 61.2 Å². The van der Waals surface area contributed by atoms with Crippen LogP contribution in [0.15, 0.2) is 24.3 Å². The summed E-state index contributed by atoms with van der Waals surface area (Å²) >= 11 is 6.26. The Balaban J connectivity index is 1.48. The molecule has 0 unspecified atom stereocenters. The fourth-order valence-corrected chi connectivity index (χ4v) is 8.28. The first kappa shape index (κ1) is 33.2. The van der Waals surface area contributed by atoms with Crippen LogP contribution in [0.2, 0.25) is 5.02 Å². The van der Waals surface area contributed by atoms with Gasteiger partial charge in [-0.2, -0.15) is 0 Å². The summed E-state index contributed by atoms with van der Waals surface area (Å²) in [4.78, 5) is 51.4. The molecule has 1 aromatic carbocycles. The van der Waals surface area contributed by atoms with Gasteiger partial charge in [0.15, 0.2) is 0 Å². The molecule has 5 rings (SSSR count). The number of nitrogens with zero attached hydrogens (tertiary/aromatic N) is 4. The fraction of sp³-hybridized carbons (Fsp3) is 0.750. The number of carbonyl (C=O) groups excluding carboxylic acids is 3. The molecule has 4 atom stereocenters. The summed E-state index contributed by atoms with van der Waals surface area (Å²) in [5.41, 5.74) is 1.02. The van der Waals surface area contributed by atoms with Crippen molar-refractivity contribution < 1.29 is 14.4 Å². The summed E-state index contributed by atoms with van der Waals surface area (Å²) in [6, 6.07) is 7.44. The predicted octanol–water partition coefficient (Wildman–Crippen LogP) is 6.20. The summed E-state index contributed by atoms with van der Waals surface area (Å²) in [5, 5.41) is 0.684. The van der Waals surface area contributed by atoms with Crippen molar-refractivity contribution in [3.05, 3.63) is 34.9 Å². The lowest BCUT2D eigenvalue weighted by Gasteiger charge is -2.41. The average Bonchev–Trinajstić information content (AvgIpc) is 3.64. The summed E-state index contributed by atoms with van der Waals surface area (Å²) in [6.07, 6.45) is 7.92. The molecule has 1 saturated carbocycles. The van der Waals surface area contributed by atoms with Gasteiger partial charge >= 0.3 is 0 Å². The van der Waals surface area contributed by atoms with E-state index in [1.807, 2.05) is 35.8 Å². The first-order valence-electron chi connectivity index (χ1n) is 17.3. The fourth-order valence-electron chi connectivity index (χ4n) is 8.16. The van der Waals surface area contributed by atoms with E-state index in [1.54, 1.807) is 0 Å². The van der Waals surface area contributed by atoms with E-state index in [1.165, 1.54) is 0 Å². The molecule has 44 heavy (non-hydrogen) atoms. The third-order valence-corrected chi connectivity index (χ3v) is 11.2. The second kappa shape index (κ2) is 13.7. The minimum atomic E-state index is -0.523. The number of likely N-dealkylation sites (tertiary alicyclic amines) is 3. The monoisotopic (exact) mass is 626 g/mol. The quantitative estimate of drug-likeness (QED) is 0.377. The van der Waals surface area contributed by atoms with Crippen LogP contribution in [-0.4, -0.2) is 93.7 Å². The van der Waals surface area contributed by atoms with Crippen molar-refractivity contribution in [2.24, 2.45) is 17.8 Å². The van der Waals surface area contributed by atoms with Crippen LogP contribution in [0.1, 0.15) is 104 Å². The SMILES string of the molecule is CC(C)C(=O)N([C@H]1C[C@@H](C(=O)N2CCCCC2)N(C(=O)[C@@H]2CN(C(C)(C)C)C[C@H]2c2ccc(Cl)cc2)C1)[C@H]1CC[C@@H](C)CC1. The molecular weight excluding hydrogens is 572 g/mol. The first-order chi connectivity index (χ1) is 20.8. The van der Waals surface area contributed by atoms with Gasteiger partial charge in [-0.05, 0) is 95.8 Å². The number of hydrogen-bond donors (Lipinski definition) is 0. The highest BCUT2D eigenvalue weighted by Crippen LogP contribution is 2.40. The van der Waals surface area contributed by atoms with E-state index in [0.29, 0.717) is 30.5 Å². The van der Waals surface area contributed by atoms with Gasteiger partial charge in [0.1, 0.15) is 6.04 Å². The van der Waals surface area contributed by atoms with E-state index >= 15 is 0 Å². The highest BCUT2D eigenvalue weighted by molar-refractivity contribution is 6.30. The lowest BCUT2D eigenvalue weighted by molar-refractivity contribution is -0.146. The van der Waals surface area contributed by atoms with Gasteiger partial charge in [0.2, 0.25) is 17.7 Å². The van der Waals surface area contributed by atoms with E-state index < -0.39 is 6.04 Å². The number of benzene rings is 1. The van der Waals surface area contributed by atoms with Gasteiger partial charge in [-0.15, -0.1) is 0 Å². The van der Waals surface area contributed by atoms with E-state index in [0.717, 1.165) is 70.1 Å². The van der Waals surface area contributed by atoms with Crippen molar-refractivity contribution in [1.29, 1.82) is 0 Å². The van der Waals surface area contributed by atoms with Crippen LogP contribution < -0.4 is 0 Å². The minimum absolute atomic E-state index is 0.0111. The molecule has 3 aliphatic heterocycles. The van der Waals surface area contributed by atoms with Crippen molar-refractivity contribution >= 4 is 29.3 Å². The maximum Gasteiger partial charge on any atom is 0.245 e. The van der Waals surface area contributed by atoms with Crippen molar-refractivity contribution in [2.45, 2.75) is 122 Å². The highest BCUT2D eigenvalue weighted by Gasteiger charge is 2.51. The van der Waals surface area contributed by atoms with Gasteiger partial charge in [0.05, 0.1) is 12.0 Å². The number of hydrogen-bond acceptors (Lipinski definition) is 4. The molecule has 0 spiro atoms. The molecule has 0 bridgehead atoms. The first-order valence-corrected chi connectivity index (χ1v) is 17.6. The minimum Gasteiger partial charge on any atom is -0.341 e. The predicted molar refractivity (Wildman–Crippen MR) is 176 cm³/mol. The van der Waals surface area contributed by atoms with Crippen LogP contribution in [0.25, 0.3) is 0 Å². The number of halogens is 1. The van der Waals surface area contributed by atoms with E-state index in [4.69, 9.17) is 11.6 Å². The zero-order chi connectivity index (χ0) is 31.8. The normalized spacial score (nSPS) is 30.2. The zero-order valence-corrected chi connectivity index (χ0v) is 28.7. The standard InChI is InChI=1S/C36H55ClN4O3/c1-24(2)33(42)41(28-16-10-25(3)11-17-28)29-20-32(35(44)38-18-8-7-9-19-38)40(21-29)34(43)31-23-39(36(4,5)6)22-30(31)26-12-14-27(37)15-13-26/h12-15,24-25,28-32H,7-11,16-23H2,1-6H3/t25-,28+,29-,30-,31+,32-/m0/s1. The molecule has 0 aromatic heterocycles. The Kier molecular flexibility index (Phi) is 10.4. The van der Waals surface area contributed by atoms with Crippen LogP contribution in [0, 0.1) is 17.8 Å². The average molecular weight is 627 g/mol. The topological polar surface area (TPSA) is 64.2 Å². The Labute approximate surface area is 270 Å². The Hall–Kier alpha value is -2.12. The molecule has 1 aromatic rings. The molecule has 3 saturated heterocycles. The molecule has 8 heteroatoms. The summed E-state index contributed by atoms with van der Waals surface area (Å²) in [5.74, 6) is 0.585. The Morgan fingerprint density at radius 2 is 1.50 bits per heavy atom. The van der Waals surface area contributed by atoms with Gasteiger partial charge in [-0.1, -0.05) is 44.5 Å². The van der Waals surface area contributed by atoms with Crippen LogP contribution in [0.3, 0.4) is 0 Å². The molecule has 4 aliphatic rings. The molecule has 3 heterocycles. The molecule has 0 N–H and O–H groups in total. The molecular formula is C36H55ClN4O3. The summed E-state index contributed by atoms with van der Waals surface area (Å²) < 4.78 is 0. The van der Waals surface area contributed by atoms with Gasteiger partial charge in [-0.25, -0.2) is 0 Å². The Bertz CT molecular complexity index is 1170. The highest BCUT2D eigenvalue weighted by atomic mass is 35.5. The number of carbonyl (C=O) groups is 3. The Morgan fingerprint density at radius 3 is 2.09 bits per heavy atom. The van der Waals surface area contributed by atoms with Gasteiger partial charge in [0.25, 0.3) is 0 Å². The lowest BCUT2D eigenvalue weighted by Crippen LogP contribution is -2.52. The molecule has 4 fully saturated rings. The largest absolute Gasteiger partial charge is 0.341 e. The van der Waals surface area contributed by atoms with Crippen molar-refractivity contribution in [1.82, 2.24) is 19.6 Å².